The van der Waals surface area contributed by atoms with E-state index in [1.807, 2.05) is 46.3 Å². The summed E-state index contributed by atoms with van der Waals surface area (Å²) in [6.07, 6.45) is 7.40. The standard InChI is InChI=1S/C22H23N5O/c1-14(2)27-13-19(11-25-27)22(28)9-20-8-18-7-16(5-6-17(18)10-24-20)21-12-23-15(3)26(21)4/h5-8,10-14H,9H2,1-4H3. The zero-order valence-corrected chi connectivity index (χ0v) is 16.5. The highest BCUT2D eigenvalue weighted by Crippen LogP contribution is 2.25. The van der Waals surface area contributed by atoms with Crippen LogP contribution < -0.4 is 0 Å². The largest absolute Gasteiger partial charge is 0.331 e. The summed E-state index contributed by atoms with van der Waals surface area (Å²) in [7, 11) is 2.01. The van der Waals surface area contributed by atoms with Gasteiger partial charge in [-0.25, -0.2) is 4.98 Å². The predicted molar refractivity (Wildman–Crippen MR) is 109 cm³/mol. The first-order valence-corrected chi connectivity index (χ1v) is 9.37. The molecule has 0 atom stereocenters. The zero-order chi connectivity index (χ0) is 19.8. The lowest BCUT2D eigenvalue weighted by Crippen LogP contribution is -2.05. The monoisotopic (exact) mass is 373 g/mol. The van der Waals surface area contributed by atoms with Gasteiger partial charge >= 0.3 is 0 Å². The van der Waals surface area contributed by atoms with Gasteiger partial charge in [0.2, 0.25) is 0 Å². The maximum atomic E-state index is 12.6. The Balaban J connectivity index is 1.62. The number of carbonyl (C=O) groups is 1. The molecule has 0 aliphatic carbocycles. The molecule has 0 aliphatic rings. The molecule has 28 heavy (non-hydrogen) atoms. The van der Waals surface area contributed by atoms with Crippen LogP contribution in [-0.2, 0) is 13.5 Å². The van der Waals surface area contributed by atoms with Crippen molar-refractivity contribution in [3.05, 3.63) is 66.1 Å². The molecule has 3 aromatic heterocycles. The summed E-state index contributed by atoms with van der Waals surface area (Å²) in [5.41, 5.74) is 3.54. The Morgan fingerprint density at radius 2 is 1.89 bits per heavy atom. The molecule has 0 N–H and O–H groups in total. The summed E-state index contributed by atoms with van der Waals surface area (Å²) < 4.78 is 3.86. The molecule has 0 saturated heterocycles. The fourth-order valence-electron chi connectivity index (χ4n) is 3.24. The van der Waals surface area contributed by atoms with E-state index in [2.05, 4.69) is 37.8 Å². The summed E-state index contributed by atoms with van der Waals surface area (Å²) in [6.45, 7) is 6.06. The Labute approximate surface area is 163 Å². The molecule has 1 aromatic carbocycles. The van der Waals surface area contributed by atoms with E-state index in [0.717, 1.165) is 33.5 Å². The van der Waals surface area contributed by atoms with Gasteiger partial charge < -0.3 is 4.57 Å². The van der Waals surface area contributed by atoms with Crippen molar-refractivity contribution < 1.29 is 4.79 Å². The molecule has 0 saturated carbocycles. The molecular formula is C22H23N5O. The second-order valence-corrected chi connectivity index (χ2v) is 7.39. The third-order valence-corrected chi connectivity index (χ3v) is 5.09. The molecule has 0 amide bonds. The van der Waals surface area contributed by atoms with Crippen molar-refractivity contribution in [2.45, 2.75) is 33.2 Å². The van der Waals surface area contributed by atoms with Gasteiger partial charge in [0.05, 0.1) is 30.1 Å². The summed E-state index contributed by atoms with van der Waals surface area (Å²) in [5, 5.41) is 6.36. The third kappa shape index (κ3) is 3.33. The van der Waals surface area contributed by atoms with E-state index in [0.29, 0.717) is 5.56 Å². The molecule has 0 bridgehead atoms. The molecule has 3 heterocycles. The van der Waals surface area contributed by atoms with Crippen molar-refractivity contribution in [1.82, 2.24) is 24.3 Å². The number of imidazole rings is 1. The first-order valence-electron chi connectivity index (χ1n) is 9.37. The van der Waals surface area contributed by atoms with Crippen molar-refractivity contribution in [2.24, 2.45) is 7.05 Å². The Hall–Kier alpha value is -3.28. The Morgan fingerprint density at radius 1 is 1.07 bits per heavy atom. The Kier molecular flexibility index (Phi) is 4.55. The molecule has 4 rings (SSSR count). The van der Waals surface area contributed by atoms with Crippen molar-refractivity contribution in [3.63, 3.8) is 0 Å². The van der Waals surface area contributed by atoms with E-state index in [9.17, 15) is 4.79 Å². The molecule has 4 aromatic rings. The number of hydrogen-bond donors (Lipinski definition) is 0. The van der Waals surface area contributed by atoms with Gasteiger partial charge in [0.1, 0.15) is 5.82 Å². The number of hydrogen-bond acceptors (Lipinski definition) is 4. The second kappa shape index (κ2) is 7.03. The molecule has 0 unspecified atom stereocenters. The zero-order valence-electron chi connectivity index (χ0n) is 16.5. The van der Waals surface area contributed by atoms with Crippen LogP contribution in [0.4, 0.5) is 0 Å². The summed E-state index contributed by atoms with van der Waals surface area (Å²) in [4.78, 5) is 21.5. The molecule has 0 aliphatic heterocycles. The fourth-order valence-corrected chi connectivity index (χ4v) is 3.24. The third-order valence-electron chi connectivity index (χ3n) is 5.09. The summed E-state index contributed by atoms with van der Waals surface area (Å²) >= 11 is 0. The number of ketones is 1. The lowest BCUT2D eigenvalue weighted by molar-refractivity contribution is 0.0992. The van der Waals surface area contributed by atoms with E-state index in [1.165, 1.54) is 0 Å². The number of pyridine rings is 1. The number of rotatable bonds is 5. The predicted octanol–water partition coefficient (Wildman–Crippen LogP) is 4.15. The van der Waals surface area contributed by atoms with Gasteiger partial charge in [0, 0.05) is 42.1 Å². The maximum Gasteiger partial charge on any atom is 0.171 e. The van der Waals surface area contributed by atoms with Gasteiger partial charge in [-0.15, -0.1) is 0 Å². The van der Waals surface area contributed by atoms with Gasteiger partial charge in [-0.05, 0) is 38.3 Å². The van der Waals surface area contributed by atoms with Crippen LogP contribution >= 0.6 is 0 Å². The number of fused-ring (bicyclic) bond motifs is 1. The molecule has 0 fully saturated rings. The minimum absolute atomic E-state index is 0.0252. The molecule has 6 heteroatoms. The van der Waals surface area contributed by atoms with Crippen LogP contribution in [0.2, 0.25) is 0 Å². The van der Waals surface area contributed by atoms with Crippen LogP contribution in [0.3, 0.4) is 0 Å². The van der Waals surface area contributed by atoms with Gasteiger partial charge in [-0.1, -0.05) is 12.1 Å². The van der Waals surface area contributed by atoms with E-state index < -0.39 is 0 Å². The van der Waals surface area contributed by atoms with Crippen LogP contribution in [-0.4, -0.2) is 30.1 Å². The second-order valence-electron chi connectivity index (χ2n) is 7.39. The normalized spacial score (nSPS) is 11.5. The van der Waals surface area contributed by atoms with Gasteiger partial charge in [-0.2, -0.15) is 5.10 Å². The summed E-state index contributed by atoms with van der Waals surface area (Å²) in [5.74, 6) is 0.996. The van der Waals surface area contributed by atoms with Crippen LogP contribution in [0, 0.1) is 6.92 Å². The number of benzene rings is 1. The Morgan fingerprint density at radius 3 is 2.57 bits per heavy atom. The quantitative estimate of drug-likeness (QED) is 0.493. The summed E-state index contributed by atoms with van der Waals surface area (Å²) in [6, 6.07) is 8.48. The van der Waals surface area contributed by atoms with Gasteiger partial charge in [0.15, 0.2) is 5.78 Å². The van der Waals surface area contributed by atoms with E-state index in [-0.39, 0.29) is 18.2 Å². The first kappa shape index (κ1) is 18.1. The van der Waals surface area contributed by atoms with E-state index in [4.69, 9.17) is 0 Å². The first-order chi connectivity index (χ1) is 13.4. The number of nitrogens with zero attached hydrogens (tertiary/aromatic N) is 5. The van der Waals surface area contributed by atoms with Crippen molar-refractivity contribution in [3.8, 4) is 11.3 Å². The molecule has 0 radical (unpaired) electrons. The topological polar surface area (TPSA) is 65.6 Å². The van der Waals surface area contributed by atoms with Crippen LogP contribution in [0.25, 0.3) is 22.0 Å². The molecule has 0 spiro atoms. The molecule has 142 valence electrons. The van der Waals surface area contributed by atoms with Crippen molar-refractivity contribution >= 4 is 16.6 Å². The van der Waals surface area contributed by atoms with Gasteiger partial charge in [-0.3, -0.25) is 14.5 Å². The van der Waals surface area contributed by atoms with Crippen molar-refractivity contribution in [1.29, 1.82) is 0 Å². The highest BCUT2D eigenvalue weighted by molar-refractivity contribution is 5.97. The minimum Gasteiger partial charge on any atom is -0.331 e. The lowest BCUT2D eigenvalue weighted by Gasteiger charge is -2.07. The number of carbonyl (C=O) groups excluding carboxylic acids is 1. The lowest BCUT2D eigenvalue weighted by atomic mass is 10.0. The highest BCUT2D eigenvalue weighted by atomic mass is 16.1. The fraction of sp³-hybridized carbons (Fsp3) is 0.273. The van der Waals surface area contributed by atoms with Crippen LogP contribution in [0.1, 0.15) is 41.8 Å². The maximum absolute atomic E-state index is 12.6. The number of aryl methyl sites for hydroxylation is 1. The molecular weight excluding hydrogens is 350 g/mol. The van der Waals surface area contributed by atoms with Crippen molar-refractivity contribution in [2.75, 3.05) is 0 Å². The van der Waals surface area contributed by atoms with E-state index >= 15 is 0 Å². The average Bonchev–Trinajstić information content (AvgIpc) is 3.29. The highest BCUT2D eigenvalue weighted by Gasteiger charge is 2.13. The van der Waals surface area contributed by atoms with E-state index in [1.54, 1.807) is 17.1 Å². The smallest absolute Gasteiger partial charge is 0.171 e. The average molecular weight is 373 g/mol. The SMILES string of the molecule is Cc1ncc(-c2ccc3cnc(CC(=O)c4cnn(C(C)C)c4)cc3c2)n1C. The van der Waals surface area contributed by atoms with Crippen LogP contribution in [0.5, 0.6) is 0 Å². The number of aromatic nitrogens is 5. The minimum atomic E-state index is 0.0252. The number of Topliss-reactive ketones (excluding diaryl/α,β-unsaturated/α-hetero) is 1. The molecule has 6 nitrogen and oxygen atoms in total. The van der Waals surface area contributed by atoms with Crippen LogP contribution in [0.15, 0.2) is 49.1 Å². The van der Waals surface area contributed by atoms with Gasteiger partial charge in [0.25, 0.3) is 0 Å². The Bertz CT molecular complexity index is 1170.